The monoisotopic (exact) mass is 347 g/mol. The number of nitro benzene ring substituents is 1. The average Bonchev–Trinajstić information content (AvgIpc) is 2.77. The Bertz CT molecular complexity index is 728. The summed E-state index contributed by atoms with van der Waals surface area (Å²) in [7, 11) is 0. The van der Waals surface area contributed by atoms with Crippen molar-refractivity contribution in [3.63, 3.8) is 0 Å². The summed E-state index contributed by atoms with van der Waals surface area (Å²) in [6.07, 6.45) is 1.60. The predicted octanol–water partition coefficient (Wildman–Crippen LogP) is -0.767. The van der Waals surface area contributed by atoms with Crippen LogP contribution in [0.4, 0.5) is 11.4 Å². The third-order valence-corrected chi connectivity index (χ3v) is 3.38. The van der Waals surface area contributed by atoms with E-state index >= 15 is 0 Å². The number of nitrogens with zero attached hydrogens (tertiary/aromatic N) is 2. The quantitative estimate of drug-likeness (QED) is 0.561. The van der Waals surface area contributed by atoms with E-state index < -0.39 is 10.8 Å². The van der Waals surface area contributed by atoms with Crippen LogP contribution in [0.2, 0.25) is 5.02 Å². The minimum absolute atomic E-state index is 0. The van der Waals surface area contributed by atoms with Gasteiger partial charge in [0.1, 0.15) is 12.2 Å². The van der Waals surface area contributed by atoms with Gasteiger partial charge in [-0.15, -0.1) is 11.3 Å². The molecule has 1 aromatic carbocycles. The van der Waals surface area contributed by atoms with E-state index in [2.05, 4.69) is 5.32 Å². The first-order chi connectivity index (χ1) is 9.47. The van der Waals surface area contributed by atoms with Crippen LogP contribution in [0.5, 0.6) is 0 Å². The van der Waals surface area contributed by atoms with Crippen LogP contribution in [0.15, 0.2) is 29.8 Å². The van der Waals surface area contributed by atoms with E-state index in [4.69, 9.17) is 17.0 Å². The molecule has 0 fully saturated rings. The Morgan fingerprint density at radius 2 is 2.24 bits per heavy atom. The summed E-state index contributed by atoms with van der Waals surface area (Å²) in [5, 5.41) is 22.8. The molecule has 21 heavy (non-hydrogen) atoms. The van der Waals surface area contributed by atoms with Gasteiger partial charge in [0.2, 0.25) is 5.91 Å². The standard InChI is InChI=1S/C11H9ClN4O3S.ClH/c12-7-1-2-8(9(5-7)16(18)19)14-10(17)6-15-3-4-20-11(15)13;/h1-5,13H,6H2,(H,14,17);1H/p-1. The number of aromatic nitrogens is 1. The summed E-state index contributed by atoms with van der Waals surface area (Å²) in [5.74, 6) is -0.452. The number of benzene rings is 1. The molecule has 0 spiro atoms. The molecule has 0 aliphatic heterocycles. The van der Waals surface area contributed by atoms with E-state index in [-0.39, 0.29) is 40.2 Å². The first-order valence-electron chi connectivity index (χ1n) is 5.39. The van der Waals surface area contributed by atoms with Crippen LogP contribution in [-0.4, -0.2) is 15.4 Å². The molecule has 112 valence electrons. The van der Waals surface area contributed by atoms with Crippen molar-refractivity contribution in [2.45, 2.75) is 6.54 Å². The Hall–Kier alpha value is -1.90. The number of nitrogens with one attached hydrogen (secondary N) is 2. The first-order valence-corrected chi connectivity index (χ1v) is 6.65. The van der Waals surface area contributed by atoms with Gasteiger partial charge in [-0.05, 0) is 12.1 Å². The predicted molar refractivity (Wildman–Crippen MR) is 74.9 cm³/mol. The highest BCUT2D eigenvalue weighted by Crippen LogP contribution is 2.27. The number of halogens is 2. The summed E-state index contributed by atoms with van der Waals surface area (Å²) in [6.45, 7) is -0.0812. The molecule has 0 bridgehead atoms. The van der Waals surface area contributed by atoms with E-state index in [0.29, 0.717) is 0 Å². The lowest BCUT2D eigenvalue weighted by Crippen LogP contribution is -3.00. The normalized spacial score (nSPS) is 9.76. The molecular weight excluding hydrogens is 339 g/mol. The largest absolute Gasteiger partial charge is 1.00 e. The molecule has 0 radical (unpaired) electrons. The van der Waals surface area contributed by atoms with Gasteiger partial charge in [-0.1, -0.05) is 11.6 Å². The minimum Gasteiger partial charge on any atom is -1.00 e. The summed E-state index contributed by atoms with van der Waals surface area (Å²) in [4.78, 5) is 22.3. The summed E-state index contributed by atoms with van der Waals surface area (Å²) >= 11 is 6.88. The number of carbonyl (C=O) groups is 1. The zero-order valence-electron chi connectivity index (χ0n) is 10.4. The molecule has 1 aromatic heterocycles. The number of anilines is 1. The maximum absolute atomic E-state index is 11.8. The highest BCUT2D eigenvalue weighted by Gasteiger charge is 2.16. The number of carbonyl (C=O) groups excluding carboxylic acids is 1. The second kappa shape index (κ2) is 7.21. The van der Waals surface area contributed by atoms with Gasteiger partial charge in [0.25, 0.3) is 5.69 Å². The Labute approximate surface area is 134 Å². The Morgan fingerprint density at radius 1 is 1.52 bits per heavy atom. The molecule has 2 N–H and O–H groups in total. The molecule has 2 aromatic rings. The lowest BCUT2D eigenvalue weighted by Gasteiger charge is -2.06. The summed E-state index contributed by atoms with van der Waals surface area (Å²) in [5.41, 5.74) is -0.195. The molecule has 7 nitrogen and oxygen atoms in total. The Balaban J connectivity index is 0.00000220. The fraction of sp³-hybridized carbons (Fsp3) is 0.0909. The molecule has 0 atom stereocenters. The number of thiazole rings is 1. The average molecular weight is 348 g/mol. The molecule has 0 saturated heterocycles. The van der Waals surface area contributed by atoms with Gasteiger partial charge in [-0.3, -0.25) is 20.3 Å². The first kappa shape index (κ1) is 17.2. The van der Waals surface area contributed by atoms with Gasteiger partial charge in [-0.2, -0.15) is 0 Å². The fourth-order valence-corrected chi connectivity index (χ4v) is 2.30. The second-order valence-corrected chi connectivity index (χ2v) is 5.13. The molecule has 1 amide bonds. The number of nitro groups is 1. The van der Waals surface area contributed by atoms with E-state index in [0.717, 1.165) is 0 Å². The van der Waals surface area contributed by atoms with Crippen LogP contribution in [0, 0.1) is 15.5 Å². The van der Waals surface area contributed by atoms with Crippen molar-refractivity contribution in [2.75, 3.05) is 5.32 Å². The van der Waals surface area contributed by atoms with Crippen molar-refractivity contribution in [1.82, 2.24) is 4.57 Å². The maximum Gasteiger partial charge on any atom is 0.294 e. The molecule has 0 unspecified atom stereocenters. The fourth-order valence-electron chi connectivity index (χ4n) is 1.53. The van der Waals surface area contributed by atoms with Gasteiger partial charge in [0.05, 0.1) is 4.92 Å². The zero-order chi connectivity index (χ0) is 14.7. The third kappa shape index (κ3) is 4.28. The van der Waals surface area contributed by atoms with Crippen molar-refractivity contribution in [2.24, 2.45) is 0 Å². The number of hydrogen-bond donors (Lipinski definition) is 2. The van der Waals surface area contributed by atoms with Crippen molar-refractivity contribution in [3.8, 4) is 0 Å². The highest BCUT2D eigenvalue weighted by molar-refractivity contribution is 7.06. The van der Waals surface area contributed by atoms with Crippen molar-refractivity contribution in [3.05, 3.63) is 49.7 Å². The zero-order valence-corrected chi connectivity index (χ0v) is 12.7. The molecule has 1 heterocycles. The minimum atomic E-state index is -0.616. The van der Waals surface area contributed by atoms with Crippen LogP contribution < -0.4 is 22.5 Å². The topological polar surface area (TPSA) is 101 Å². The van der Waals surface area contributed by atoms with E-state index in [1.807, 2.05) is 0 Å². The third-order valence-electron chi connectivity index (χ3n) is 2.43. The van der Waals surface area contributed by atoms with Gasteiger partial charge in [0, 0.05) is 22.7 Å². The number of hydrogen-bond acceptors (Lipinski definition) is 5. The van der Waals surface area contributed by atoms with Crippen LogP contribution in [-0.2, 0) is 11.3 Å². The van der Waals surface area contributed by atoms with Crippen LogP contribution >= 0.6 is 22.9 Å². The highest BCUT2D eigenvalue weighted by atomic mass is 35.5. The second-order valence-electron chi connectivity index (χ2n) is 3.80. The van der Waals surface area contributed by atoms with Crippen LogP contribution in [0.25, 0.3) is 0 Å². The summed E-state index contributed by atoms with van der Waals surface area (Å²) in [6, 6.07) is 4.00. The molecule has 0 saturated carbocycles. The molecule has 10 heteroatoms. The molecular formula is C11H9Cl2N4O3S-. The number of rotatable bonds is 4. The smallest absolute Gasteiger partial charge is 0.294 e. The van der Waals surface area contributed by atoms with Crippen molar-refractivity contribution >= 4 is 40.2 Å². The lowest BCUT2D eigenvalue weighted by atomic mass is 10.2. The van der Waals surface area contributed by atoms with E-state index in [1.165, 1.54) is 34.1 Å². The lowest BCUT2D eigenvalue weighted by molar-refractivity contribution is -0.383. The Morgan fingerprint density at radius 3 is 2.81 bits per heavy atom. The molecule has 2 rings (SSSR count). The SMILES string of the molecule is N=c1sccn1CC(=O)Nc1ccc(Cl)cc1[N+](=O)[O-].[Cl-]. The summed E-state index contributed by atoms with van der Waals surface area (Å²) < 4.78 is 1.43. The van der Waals surface area contributed by atoms with E-state index in [9.17, 15) is 14.9 Å². The van der Waals surface area contributed by atoms with Gasteiger partial charge in [0.15, 0.2) is 4.80 Å². The Kier molecular flexibility index (Phi) is 5.89. The van der Waals surface area contributed by atoms with Crippen molar-refractivity contribution in [1.29, 1.82) is 5.41 Å². The molecule has 0 aliphatic carbocycles. The van der Waals surface area contributed by atoms with Crippen LogP contribution in [0.1, 0.15) is 0 Å². The number of amides is 1. The van der Waals surface area contributed by atoms with Gasteiger partial charge < -0.3 is 22.3 Å². The van der Waals surface area contributed by atoms with Crippen LogP contribution in [0.3, 0.4) is 0 Å². The van der Waals surface area contributed by atoms with Crippen molar-refractivity contribution < 1.29 is 22.1 Å². The van der Waals surface area contributed by atoms with E-state index in [1.54, 1.807) is 11.6 Å². The van der Waals surface area contributed by atoms with Gasteiger partial charge in [-0.25, -0.2) is 0 Å². The van der Waals surface area contributed by atoms with Gasteiger partial charge >= 0.3 is 0 Å². The maximum atomic E-state index is 11.8. The molecule has 0 aliphatic rings.